The number of carboxylic acid groups (broad SMARTS) is 1. The first-order chi connectivity index (χ1) is 9.29. The maximum Gasteiger partial charge on any atom is 1.00 e. The van der Waals surface area contributed by atoms with Gasteiger partial charge in [0.15, 0.2) is 9.84 Å². The average Bonchev–Trinajstić information content (AvgIpc) is 2.87. The van der Waals surface area contributed by atoms with Gasteiger partial charge < -0.3 is 14.8 Å². The first-order valence-electron chi connectivity index (χ1n) is 5.88. The van der Waals surface area contributed by atoms with E-state index in [4.69, 9.17) is 0 Å². The minimum Gasteiger partial charge on any atom is -0.548 e. The SMILES string of the molecule is CC1(Cn2ccnn2)[C@H](C(=O)[O-])N2C(=O)C[C@H]2S1(=O)=O.[Na+]. The average molecular weight is 322 g/mol. The van der Waals surface area contributed by atoms with E-state index in [9.17, 15) is 23.1 Å². The van der Waals surface area contributed by atoms with Crippen molar-refractivity contribution in [3.8, 4) is 0 Å². The van der Waals surface area contributed by atoms with Crippen molar-refractivity contribution in [3.05, 3.63) is 12.4 Å². The Labute approximate surface area is 142 Å². The van der Waals surface area contributed by atoms with Crippen molar-refractivity contribution in [1.29, 1.82) is 0 Å². The molecule has 9 nitrogen and oxygen atoms in total. The van der Waals surface area contributed by atoms with Gasteiger partial charge in [-0.15, -0.1) is 5.10 Å². The first kappa shape index (κ1) is 16.4. The van der Waals surface area contributed by atoms with Crippen LogP contribution in [0, 0.1) is 0 Å². The number of aromatic nitrogens is 3. The van der Waals surface area contributed by atoms with E-state index in [0.717, 1.165) is 4.90 Å². The van der Waals surface area contributed by atoms with E-state index in [2.05, 4.69) is 10.3 Å². The number of β-lactam (4-membered cyclic amide) rings is 1. The number of carboxylic acids is 1. The van der Waals surface area contributed by atoms with Crippen LogP contribution in [0.25, 0.3) is 0 Å². The van der Waals surface area contributed by atoms with Crippen molar-refractivity contribution < 1.29 is 52.7 Å². The number of carbonyl (C=O) groups excluding carboxylic acids is 2. The molecule has 0 radical (unpaired) electrons. The van der Waals surface area contributed by atoms with E-state index < -0.39 is 37.9 Å². The molecule has 0 saturated carbocycles. The van der Waals surface area contributed by atoms with Gasteiger partial charge in [0.1, 0.15) is 10.1 Å². The molecule has 0 bridgehead atoms. The second-order valence-electron chi connectivity index (χ2n) is 5.14. The molecule has 2 fully saturated rings. The second-order valence-corrected chi connectivity index (χ2v) is 7.71. The molecular weight excluding hydrogens is 311 g/mol. The standard InChI is InChI=1S/C10H12N4O5S.Na/c1-10(5-13-3-2-11-12-13)8(9(16)17)14-6(15)4-7(14)20(10,18)19;/h2-3,7-8H,4-5H2,1H3,(H,16,17);/q;+1/p-1/t7-,8+,10?;/m1./s1. The van der Waals surface area contributed by atoms with E-state index in [0.29, 0.717) is 0 Å². The van der Waals surface area contributed by atoms with Gasteiger partial charge in [0, 0.05) is 6.20 Å². The van der Waals surface area contributed by atoms with Crippen LogP contribution < -0.4 is 34.7 Å². The molecule has 1 amide bonds. The summed E-state index contributed by atoms with van der Waals surface area (Å²) >= 11 is 0. The molecule has 2 aliphatic heterocycles. The molecule has 3 atom stereocenters. The molecule has 0 spiro atoms. The van der Waals surface area contributed by atoms with E-state index >= 15 is 0 Å². The Kier molecular flexibility index (Phi) is 3.94. The molecule has 3 heterocycles. The zero-order valence-electron chi connectivity index (χ0n) is 11.5. The van der Waals surface area contributed by atoms with Crippen molar-refractivity contribution in [2.24, 2.45) is 0 Å². The maximum atomic E-state index is 12.5. The maximum absolute atomic E-state index is 12.5. The van der Waals surface area contributed by atoms with Gasteiger partial charge in [0.05, 0.1) is 31.2 Å². The molecule has 0 aromatic carbocycles. The minimum atomic E-state index is -3.84. The Balaban J connectivity index is 0.00000161. The normalized spacial score (nSPS) is 33.0. The van der Waals surface area contributed by atoms with Gasteiger partial charge in [-0.1, -0.05) is 5.21 Å². The van der Waals surface area contributed by atoms with Crippen LogP contribution in [0.2, 0.25) is 0 Å². The van der Waals surface area contributed by atoms with Gasteiger partial charge in [-0.3, -0.25) is 9.48 Å². The molecule has 1 aromatic heterocycles. The molecule has 0 N–H and O–H groups in total. The summed E-state index contributed by atoms with van der Waals surface area (Å²) in [6.07, 6.45) is 2.61. The molecule has 1 unspecified atom stereocenters. The summed E-state index contributed by atoms with van der Waals surface area (Å²) in [6, 6.07) is -1.51. The third-order valence-electron chi connectivity index (χ3n) is 3.98. The van der Waals surface area contributed by atoms with Crippen LogP contribution in [0.3, 0.4) is 0 Å². The van der Waals surface area contributed by atoms with E-state index in [-0.39, 0.29) is 42.5 Å². The van der Waals surface area contributed by atoms with Gasteiger partial charge in [-0.25, -0.2) is 8.42 Å². The first-order valence-corrected chi connectivity index (χ1v) is 7.43. The number of fused-ring (bicyclic) bond motifs is 1. The van der Waals surface area contributed by atoms with E-state index in [1.807, 2.05) is 0 Å². The monoisotopic (exact) mass is 322 g/mol. The predicted molar refractivity (Wildman–Crippen MR) is 61.4 cm³/mol. The fourth-order valence-electron chi connectivity index (χ4n) is 2.91. The Hall–Kier alpha value is -0.970. The van der Waals surface area contributed by atoms with Gasteiger partial charge >= 0.3 is 29.6 Å². The summed E-state index contributed by atoms with van der Waals surface area (Å²) in [5.74, 6) is -2.07. The summed E-state index contributed by atoms with van der Waals surface area (Å²) in [6.45, 7) is 1.10. The largest absolute Gasteiger partial charge is 1.00 e. The summed E-state index contributed by atoms with van der Waals surface area (Å²) in [5, 5.41) is 17.5. The summed E-state index contributed by atoms with van der Waals surface area (Å²) in [5.41, 5.74) is 0. The fraction of sp³-hybridized carbons (Fsp3) is 0.600. The van der Waals surface area contributed by atoms with Crippen LogP contribution in [0.15, 0.2) is 12.4 Å². The van der Waals surface area contributed by atoms with Crippen molar-refractivity contribution in [2.45, 2.75) is 36.1 Å². The number of rotatable bonds is 3. The van der Waals surface area contributed by atoms with E-state index in [1.165, 1.54) is 24.0 Å². The van der Waals surface area contributed by atoms with E-state index in [1.54, 1.807) is 0 Å². The molecule has 2 aliphatic rings. The van der Waals surface area contributed by atoms with Crippen molar-refractivity contribution in [2.75, 3.05) is 0 Å². The van der Waals surface area contributed by atoms with Gasteiger partial charge in [0.25, 0.3) is 0 Å². The molecule has 108 valence electrons. The Bertz CT molecular complexity index is 690. The second kappa shape index (κ2) is 5.04. The summed E-state index contributed by atoms with van der Waals surface area (Å²) in [7, 11) is -3.84. The van der Waals surface area contributed by atoms with Crippen molar-refractivity contribution in [1.82, 2.24) is 19.9 Å². The zero-order chi connectivity index (χ0) is 14.7. The quantitative estimate of drug-likeness (QED) is 0.401. The number of aliphatic carboxylic acids is 1. The van der Waals surface area contributed by atoms with Gasteiger partial charge in [-0.05, 0) is 6.92 Å². The molecule has 2 saturated heterocycles. The van der Waals surface area contributed by atoms with Crippen LogP contribution in [0.4, 0.5) is 0 Å². The number of nitrogens with zero attached hydrogens (tertiary/aromatic N) is 4. The molecule has 0 aliphatic carbocycles. The summed E-state index contributed by atoms with van der Waals surface area (Å²) < 4.78 is 24.6. The Morgan fingerprint density at radius 2 is 2.24 bits per heavy atom. The Morgan fingerprint density at radius 3 is 2.71 bits per heavy atom. The minimum absolute atomic E-state index is 0. The topological polar surface area (TPSA) is 125 Å². The number of carbonyl (C=O) groups is 2. The van der Waals surface area contributed by atoms with Crippen molar-refractivity contribution >= 4 is 21.7 Å². The van der Waals surface area contributed by atoms with Crippen LogP contribution in [0.5, 0.6) is 0 Å². The molecule has 11 heteroatoms. The van der Waals surface area contributed by atoms with Crippen LogP contribution >= 0.6 is 0 Å². The third kappa shape index (κ3) is 2.04. The van der Waals surface area contributed by atoms with Gasteiger partial charge in [0.2, 0.25) is 5.91 Å². The number of hydrogen-bond donors (Lipinski definition) is 0. The molecule has 3 rings (SSSR count). The van der Waals surface area contributed by atoms with Crippen LogP contribution in [0.1, 0.15) is 13.3 Å². The van der Waals surface area contributed by atoms with Crippen molar-refractivity contribution in [3.63, 3.8) is 0 Å². The fourth-order valence-corrected chi connectivity index (χ4v) is 5.26. The molecular formula is C10H11N4NaO5S. The number of amides is 1. The zero-order valence-corrected chi connectivity index (χ0v) is 14.3. The number of hydrogen-bond acceptors (Lipinski definition) is 7. The number of sulfone groups is 1. The van der Waals surface area contributed by atoms with Crippen LogP contribution in [-0.4, -0.2) is 56.4 Å². The Morgan fingerprint density at radius 1 is 1.57 bits per heavy atom. The smallest absolute Gasteiger partial charge is 0.548 e. The molecule has 21 heavy (non-hydrogen) atoms. The predicted octanol–water partition coefficient (Wildman–Crippen LogP) is -5.85. The third-order valence-corrected chi connectivity index (χ3v) is 6.75. The summed E-state index contributed by atoms with van der Waals surface area (Å²) in [4.78, 5) is 23.8. The van der Waals surface area contributed by atoms with Crippen LogP contribution in [-0.2, 0) is 26.0 Å². The molecule has 1 aromatic rings. The van der Waals surface area contributed by atoms with Gasteiger partial charge in [-0.2, -0.15) is 0 Å².